The molecule has 0 aliphatic carbocycles. The Balaban J connectivity index is 2.69. The number of urea groups is 1. The van der Waals surface area contributed by atoms with E-state index in [1.54, 1.807) is 18.2 Å². The summed E-state index contributed by atoms with van der Waals surface area (Å²) in [5.74, 6) is 0.415. The van der Waals surface area contributed by atoms with E-state index in [-0.39, 0.29) is 12.6 Å². The Labute approximate surface area is 118 Å². The third-order valence-corrected chi connectivity index (χ3v) is 2.55. The molecule has 0 radical (unpaired) electrons. The van der Waals surface area contributed by atoms with Crippen LogP contribution in [-0.2, 0) is 0 Å². The summed E-state index contributed by atoms with van der Waals surface area (Å²) >= 11 is 0. The van der Waals surface area contributed by atoms with Crippen molar-refractivity contribution in [3.05, 3.63) is 23.8 Å². The van der Waals surface area contributed by atoms with Gasteiger partial charge in [0.05, 0.1) is 11.2 Å². The van der Waals surface area contributed by atoms with Gasteiger partial charge in [-0.25, -0.2) is 4.79 Å². The maximum absolute atomic E-state index is 11.5. The first-order valence-electron chi connectivity index (χ1n) is 6.37. The van der Waals surface area contributed by atoms with Gasteiger partial charge in [-0.05, 0) is 32.9 Å². The highest BCUT2D eigenvalue weighted by atomic mass is 16.5. The lowest BCUT2D eigenvalue weighted by Crippen LogP contribution is -2.51. The summed E-state index contributed by atoms with van der Waals surface area (Å²) in [7, 11) is 0. The van der Waals surface area contributed by atoms with Gasteiger partial charge in [0.25, 0.3) is 0 Å². The van der Waals surface area contributed by atoms with E-state index in [4.69, 9.17) is 15.7 Å². The van der Waals surface area contributed by atoms with Crippen molar-refractivity contribution in [2.45, 2.75) is 26.3 Å². The standard InChI is InChI=1S/C14H20N4O2/c1-4-17-13(19)18-14(2,3)9-20-12-7-5-6-11(16)10(12)8-15/h5-7H,4,9,16H2,1-3H3,(H2,17,18,19). The van der Waals surface area contributed by atoms with E-state index in [1.807, 2.05) is 26.8 Å². The van der Waals surface area contributed by atoms with E-state index in [9.17, 15) is 4.79 Å². The summed E-state index contributed by atoms with van der Waals surface area (Å²) < 4.78 is 5.61. The molecule has 2 amide bonds. The largest absolute Gasteiger partial charge is 0.490 e. The number of nitrogen functional groups attached to an aromatic ring is 1. The molecular weight excluding hydrogens is 256 g/mol. The second kappa shape index (κ2) is 6.66. The second-order valence-electron chi connectivity index (χ2n) is 4.99. The van der Waals surface area contributed by atoms with Crippen LogP contribution in [0.1, 0.15) is 26.3 Å². The molecule has 0 unspecified atom stereocenters. The van der Waals surface area contributed by atoms with Crippen LogP contribution < -0.4 is 21.1 Å². The molecule has 0 fully saturated rings. The highest BCUT2D eigenvalue weighted by Gasteiger charge is 2.22. The van der Waals surface area contributed by atoms with Gasteiger partial charge in [-0.1, -0.05) is 6.07 Å². The summed E-state index contributed by atoms with van der Waals surface area (Å²) in [6.07, 6.45) is 0. The van der Waals surface area contributed by atoms with E-state index >= 15 is 0 Å². The summed E-state index contributed by atoms with van der Waals surface area (Å²) in [4.78, 5) is 11.5. The second-order valence-corrected chi connectivity index (χ2v) is 4.99. The molecule has 6 nitrogen and oxygen atoms in total. The van der Waals surface area contributed by atoms with Gasteiger partial charge in [0.1, 0.15) is 24.0 Å². The number of nitrogens with zero attached hydrogens (tertiary/aromatic N) is 1. The zero-order valence-corrected chi connectivity index (χ0v) is 12.0. The number of carbonyl (C=O) groups excluding carboxylic acids is 1. The monoisotopic (exact) mass is 276 g/mol. The van der Waals surface area contributed by atoms with Gasteiger partial charge in [-0.3, -0.25) is 0 Å². The lowest BCUT2D eigenvalue weighted by atomic mass is 10.1. The quantitative estimate of drug-likeness (QED) is 0.711. The molecule has 108 valence electrons. The zero-order chi connectivity index (χ0) is 15.2. The number of anilines is 1. The van der Waals surface area contributed by atoms with Crippen LogP contribution >= 0.6 is 0 Å². The minimum Gasteiger partial charge on any atom is -0.490 e. The van der Waals surface area contributed by atoms with E-state index in [0.717, 1.165) is 0 Å². The van der Waals surface area contributed by atoms with Gasteiger partial charge in [-0.2, -0.15) is 5.26 Å². The normalized spacial score (nSPS) is 10.5. The fraction of sp³-hybridized carbons (Fsp3) is 0.429. The van der Waals surface area contributed by atoms with Gasteiger partial charge >= 0.3 is 6.03 Å². The molecule has 20 heavy (non-hydrogen) atoms. The summed E-state index contributed by atoms with van der Waals surface area (Å²) in [5.41, 5.74) is 5.82. The maximum Gasteiger partial charge on any atom is 0.315 e. The van der Waals surface area contributed by atoms with Crippen molar-refractivity contribution in [3.63, 3.8) is 0 Å². The molecule has 1 aromatic carbocycles. The molecule has 0 saturated carbocycles. The van der Waals surface area contributed by atoms with Crippen molar-refractivity contribution in [3.8, 4) is 11.8 Å². The van der Waals surface area contributed by atoms with Crippen LogP contribution in [0.15, 0.2) is 18.2 Å². The first-order chi connectivity index (χ1) is 9.39. The Morgan fingerprint density at radius 3 is 2.80 bits per heavy atom. The SMILES string of the molecule is CCNC(=O)NC(C)(C)COc1cccc(N)c1C#N. The predicted molar refractivity (Wildman–Crippen MR) is 77.4 cm³/mol. The molecule has 0 aromatic heterocycles. The average molecular weight is 276 g/mol. The van der Waals surface area contributed by atoms with E-state index in [0.29, 0.717) is 23.5 Å². The van der Waals surface area contributed by atoms with Crippen molar-refractivity contribution in [1.29, 1.82) is 5.26 Å². The van der Waals surface area contributed by atoms with Crippen LogP contribution in [0.5, 0.6) is 5.75 Å². The molecular formula is C14H20N4O2. The fourth-order valence-electron chi connectivity index (χ4n) is 1.59. The Kier molecular flexibility index (Phi) is 5.21. The number of hydrogen-bond donors (Lipinski definition) is 3. The summed E-state index contributed by atoms with van der Waals surface area (Å²) in [6, 6.07) is 6.79. The van der Waals surface area contributed by atoms with Gasteiger partial charge in [0.2, 0.25) is 0 Å². The van der Waals surface area contributed by atoms with Crippen molar-refractivity contribution >= 4 is 11.7 Å². The number of hydrogen-bond acceptors (Lipinski definition) is 4. The topological polar surface area (TPSA) is 100 Å². The highest BCUT2D eigenvalue weighted by Crippen LogP contribution is 2.24. The Hall–Kier alpha value is -2.42. The van der Waals surface area contributed by atoms with Crippen molar-refractivity contribution in [2.75, 3.05) is 18.9 Å². The zero-order valence-electron chi connectivity index (χ0n) is 12.0. The summed E-state index contributed by atoms with van der Waals surface area (Å²) in [5, 5.41) is 14.5. The van der Waals surface area contributed by atoms with Crippen LogP contribution in [0.3, 0.4) is 0 Å². The third kappa shape index (κ3) is 4.35. The van der Waals surface area contributed by atoms with Crippen LogP contribution in [0.25, 0.3) is 0 Å². The van der Waals surface area contributed by atoms with Crippen molar-refractivity contribution in [1.82, 2.24) is 10.6 Å². The lowest BCUT2D eigenvalue weighted by molar-refractivity contribution is 0.195. The molecule has 0 bridgehead atoms. The average Bonchev–Trinajstić information content (AvgIpc) is 2.36. The minimum absolute atomic E-state index is 0.224. The molecule has 0 atom stereocenters. The van der Waals surface area contributed by atoms with E-state index < -0.39 is 5.54 Å². The molecule has 1 aromatic rings. The number of nitrogens with two attached hydrogens (primary N) is 1. The van der Waals surface area contributed by atoms with E-state index in [2.05, 4.69) is 10.6 Å². The molecule has 0 heterocycles. The molecule has 1 rings (SSSR count). The first kappa shape index (κ1) is 15.6. The Morgan fingerprint density at radius 1 is 1.50 bits per heavy atom. The van der Waals surface area contributed by atoms with E-state index in [1.165, 1.54) is 0 Å². The number of carbonyl (C=O) groups is 1. The van der Waals surface area contributed by atoms with Gasteiger partial charge < -0.3 is 21.1 Å². The number of nitriles is 1. The maximum atomic E-state index is 11.5. The molecule has 0 saturated heterocycles. The number of amides is 2. The number of benzene rings is 1. The van der Waals surface area contributed by atoms with Gasteiger partial charge in [-0.15, -0.1) is 0 Å². The van der Waals surface area contributed by atoms with Crippen LogP contribution in [0, 0.1) is 11.3 Å². The van der Waals surface area contributed by atoms with Gasteiger partial charge in [0.15, 0.2) is 0 Å². The van der Waals surface area contributed by atoms with Crippen molar-refractivity contribution in [2.24, 2.45) is 0 Å². The molecule has 4 N–H and O–H groups in total. The van der Waals surface area contributed by atoms with Gasteiger partial charge in [0, 0.05) is 6.54 Å². The first-order valence-corrected chi connectivity index (χ1v) is 6.37. The van der Waals surface area contributed by atoms with Crippen LogP contribution in [-0.4, -0.2) is 24.7 Å². The third-order valence-electron chi connectivity index (χ3n) is 2.55. The van der Waals surface area contributed by atoms with Crippen LogP contribution in [0.2, 0.25) is 0 Å². The van der Waals surface area contributed by atoms with Crippen LogP contribution in [0.4, 0.5) is 10.5 Å². The fourth-order valence-corrected chi connectivity index (χ4v) is 1.59. The number of nitrogens with one attached hydrogen (secondary N) is 2. The molecule has 0 aliphatic heterocycles. The molecule has 6 heteroatoms. The highest BCUT2D eigenvalue weighted by molar-refractivity contribution is 5.74. The number of ether oxygens (including phenoxy) is 1. The lowest BCUT2D eigenvalue weighted by Gasteiger charge is -2.26. The summed E-state index contributed by atoms with van der Waals surface area (Å²) in [6.45, 7) is 6.29. The Morgan fingerprint density at radius 2 is 2.20 bits per heavy atom. The minimum atomic E-state index is -0.573. The smallest absolute Gasteiger partial charge is 0.315 e. The Bertz CT molecular complexity index is 520. The predicted octanol–water partition coefficient (Wildman–Crippen LogP) is 1.62. The number of rotatable bonds is 5. The molecule has 0 aliphatic rings. The molecule has 0 spiro atoms. The van der Waals surface area contributed by atoms with Crippen molar-refractivity contribution < 1.29 is 9.53 Å².